The molecule has 224 valence electrons. The maximum absolute atomic E-state index is 6.13. The van der Waals surface area contributed by atoms with E-state index in [2.05, 4.69) is 18.7 Å². The Bertz CT molecular complexity index is 377. The summed E-state index contributed by atoms with van der Waals surface area (Å²) >= 11 is 0. The van der Waals surface area contributed by atoms with Gasteiger partial charge in [0.25, 0.3) is 0 Å². The van der Waals surface area contributed by atoms with Crippen LogP contribution in [-0.2, 0) is 24.0 Å². The van der Waals surface area contributed by atoms with E-state index < -0.39 is 0 Å². The van der Waals surface area contributed by atoms with Gasteiger partial charge in [-0.25, -0.2) is 9.78 Å². The molecule has 0 aliphatic carbocycles. The third-order valence-corrected chi connectivity index (χ3v) is 6.97. The van der Waals surface area contributed by atoms with E-state index in [9.17, 15) is 0 Å². The van der Waals surface area contributed by atoms with Gasteiger partial charge < -0.3 is 14.2 Å². The Labute approximate surface area is 232 Å². The van der Waals surface area contributed by atoms with Gasteiger partial charge in [-0.15, -0.1) is 0 Å². The SMILES string of the molecule is CCCCCCCOC(CCCCCCOCCCCCCCCCCOOC)OCCCCCCC. The molecule has 0 aromatic carbocycles. The first-order valence-electron chi connectivity index (χ1n) is 16.3. The average molecular weight is 531 g/mol. The van der Waals surface area contributed by atoms with Crippen molar-refractivity contribution < 1.29 is 24.0 Å². The zero-order valence-electron chi connectivity index (χ0n) is 25.4. The standard InChI is InChI=1S/C32H66O5/c1-4-6-8-15-23-29-35-32(36-30-24-16-9-7-5-2)26-20-14-19-22-28-34-27-21-17-12-10-11-13-18-25-31-37-33-3/h32H,4-31H2,1-3H3. The maximum atomic E-state index is 6.13. The Kier molecular flexibility index (Phi) is 33.6. The van der Waals surface area contributed by atoms with Gasteiger partial charge in [-0.1, -0.05) is 117 Å². The molecule has 0 heterocycles. The van der Waals surface area contributed by atoms with Crippen molar-refractivity contribution in [1.29, 1.82) is 0 Å². The predicted octanol–water partition coefficient (Wildman–Crippen LogP) is 9.95. The van der Waals surface area contributed by atoms with Crippen molar-refractivity contribution in [3.05, 3.63) is 0 Å². The van der Waals surface area contributed by atoms with Crippen LogP contribution >= 0.6 is 0 Å². The highest BCUT2D eigenvalue weighted by molar-refractivity contribution is 4.52. The van der Waals surface area contributed by atoms with E-state index in [1.807, 2.05) is 0 Å². The quantitative estimate of drug-likeness (QED) is 0.0365. The van der Waals surface area contributed by atoms with E-state index in [-0.39, 0.29) is 6.29 Å². The molecule has 0 bridgehead atoms. The van der Waals surface area contributed by atoms with Crippen molar-refractivity contribution in [2.45, 2.75) is 168 Å². The minimum absolute atomic E-state index is 0.00160. The molecule has 0 unspecified atom stereocenters. The highest BCUT2D eigenvalue weighted by Crippen LogP contribution is 2.13. The van der Waals surface area contributed by atoms with Crippen LogP contribution in [0, 0.1) is 0 Å². The molecule has 5 nitrogen and oxygen atoms in total. The summed E-state index contributed by atoms with van der Waals surface area (Å²) in [6.45, 7) is 8.78. The molecule has 0 spiro atoms. The van der Waals surface area contributed by atoms with E-state index in [1.165, 1.54) is 135 Å². The fraction of sp³-hybridized carbons (Fsp3) is 1.00. The van der Waals surface area contributed by atoms with Crippen LogP contribution < -0.4 is 0 Å². The third kappa shape index (κ3) is 31.9. The normalized spacial score (nSPS) is 11.7. The first-order chi connectivity index (χ1) is 18.3. The number of hydrogen-bond donors (Lipinski definition) is 0. The Hall–Kier alpha value is -0.200. The molecule has 0 aromatic rings. The Balaban J connectivity index is 3.58. The first kappa shape index (κ1) is 36.8. The molecule has 0 aliphatic rings. The fourth-order valence-corrected chi connectivity index (χ4v) is 4.54. The maximum Gasteiger partial charge on any atom is 0.157 e. The van der Waals surface area contributed by atoms with E-state index in [4.69, 9.17) is 19.1 Å². The van der Waals surface area contributed by atoms with Crippen LogP contribution in [0.15, 0.2) is 0 Å². The summed E-state index contributed by atoms with van der Waals surface area (Å²) < 4.78 is 18.1. The van der Waals surface area contributed by atoms with E-state index in [1.54, 1.807) is 7.11 Å². The van der Waals surface area contributed by atoms with Crippen molar-refractivity contribution >= 4 is 0 Å². The van der Waals surface area contributed by atoms with Gasteiger partial charge in [-0.2, -0.15) is 0 Å². The van der Waals surface area contributed by atoms with Crippen molar-refractivity contribution in [3.63, 3.8) is 0 Å². The predicted molar refractivity (Wildman–Crippen MR) is 157 cm³/mol. The molecular weight excluding hydrogens is 464 g/mol. The highest BCUT2D eigenvalue weighted by Gasteiger charge is 2.09. The van der Waals surface area contributed by atoms with Gasteiger partial charge in [0.15, 0.2) is 6.29 Å². The molecule has 0 fully saturated rings. The summed E-state index contributed by atoms with van der Waals surface area (Å²) in [5, 5.41) is 0. The number of hydrogen-bond acceptors (Lipinski definition) is 5. The zero-order chi connectivity index (χ0) is 26.9. The highest BCUT2D eigenvalue weighted by atomic mass is 17.2. The van der Waals surface area contributed by atoms with Crippen LogP contribution in [0.2, 0.25) is 0 Å². The summed E-state index contributed by atoms with van der Waals surface area (Å²) in [6, 6.07) is 0. The number of ether oxygens (including phenoxy) is 3. The van der Waals surface area contributed by atoms with Gasteiger partial charge in [0.1, 0.15) is 0 Å². The van der Waals surface area contributed by atoms with Crippen LogP contribution in [0.1, 0.15) is 162 Å². The molecule has 0 rings (SSSR count). The van der Waals surface area contributed by atoms with Crippen LogP contribution in [0.3, 0.4) is 0 Å². The minimum atomic E-state index is -0.00160. The van der Waals surface area contributed by atoms with Crippen LogP contribution in [0.25, 0.3) is 0 Å². The average Bonchev–Trinajstić information content (AvgIpc) is 2.91. The van der Waals surface area contributed by atoms with Crippen LogP contribution in [-0.4, -0.2) is 46.4 Å². The second-order valence-electron chi connectivity index (χ2n) is 10.6. The molecule has 0 N–H and O–H groups in total. The van der Waals surface area contributed by atoms with Gasteiger partial charge in [-0.05, 0) is 44.9 Å². The Morgan fingerprint density at radius 2 is 0.784 bits per heavy atom. The molecule has 0 aromatic heterocycles. The van der Waals surface area contributed by atoms with Gasteiger partial charge >= 0.3 is 0 Å². The lowest BCUT2D eigenvalue weighted by atomic mass is 10.1. The fourth-order valence-electron chi connectivity index (χ4n) is 4.54. The summed E-state index contributed by atoms with van der Waals surface area (Å²) in [4.78, 5) is 9.49. The summed E-state index contributed by atoms with van der Waals surface area (Å²) in [6.07, 6.45) is 28.9. The lowest BCUT2D eigenvalue weighted by molar-refractivity contribution is -0.272. The summed E-state index contributed by atoms with van der Waals surface area (Å²) in [7, 11) is 1.57. The lowest BCUT2D eigenvalue weighted by Crippen LogP contribution is -2.19. The van der Waals surface area contributed by atoms with Gasteiger partial charge in [0.05, 0.1) is 13.7 Å². The monoisotopic (exact) mass is 530 g/mol. The second-order valence-corrected chi connectivity index (χ2v) is 10.6. The molecule has 0 aliphatic heterocycles. The molecule has 37 heavy (non-hydrogen) atoms. The molecule has 5 heteroatoms. The molecule has 0 saturated heterocycles. The van der Waals surface area contributed by atoms with Crippen molar-refractivity contribution in [3.8, 4) is 0 Å². The topological polar surface area (TPSA) is 46.2 Å². The van der Waals surface area contributed by atoms with E-state index in [0.717, 1.165) is 45.9 Å². The summed E-state index contributed by atoms with van der Waals surface area (Å²) in [5.41, 5.74) is 0. The zero-order valence-corrected chi connectivity index (χ0v) is 25.4. The summed E-state index contributed by atoms with van der Waals surface area (Å²) in [5.74, 6) is 0. The van der Waals surface area contributed by atoms with Crippen molar-refractivity contribution in [1.82, 2.24) is 0 Å². The minimum Gasteiger partial charge on any atom is -0.381 e. The molecule has 0 saturated carbocycles. The van der Waals surface area contributed by atoms with Crippen molar-refractivity contribution in [2.24, 2.45) is 0 Å². The van der Waals surface area contributed by atoms with Crippen molar-refractivity contribution in [2.75, 3.05) is 40.1 Å². The first-order valence-corrected chi connectivity index (χ1v) is 16.3. The molecule has 0 amide bonds. The lowest BCUT2D eigenvalue weighted by Gasteiger charge is -2.19. The van der Waals surface area contributed by atoms with E-state index >= 15 is 0 Å². The van der Waals surface area contributed by atoms with Gasteiger partial charge in [-0.3, -0.25) is 0 Å². The Morgan fingerprint density at radius 1 is 0.405 bits per heavy atom. The smallest absolute Gasteiger partial charge is 0.157 e. The third-order valence-electron chi connectivity index (χ3n) is 6.97. The largest absolute Gasteiger partial charge is 0.381 e. The Morgan fingerprint density at radius 3 is 1.24 bits per heavy atom. The van der Waals surface area contributed by atoms with E-state index in [0.29, 0.717) is 0 Å². The van der Waals surface area contributed by atoms with Gasteiger partial charge in [0.2, 0.25) is 0 Å². The molecule has 0 radical (unpaired) electrons. The molecular formula is C32H66O5. The van der Waals surface area contributed by atoms with Gasteiger partial charge in [0, 0.05) is 26.4 Å². The number of rotatable bonds is 33. The second kappa shape index (κ2) is 33.8. The molecule has 0 atom stereocenters. The number of unbranched alkanes of at least 4 members (excludes halogenated alkanes) is 18. The van der Waals surface area contributed by atoms with Crippen LogP contribution in [0.4, 0.5) is 0 Å². The van der Waals surface area contributed by atoms with Crippen LogP contribution in [0.5, 0.6) is 0 Å².